The van der Waals surface area contributed by atoms with Gasteiger partial charge >= 0.3 is 6.03 Å². The second kappa shape index (κ2) is 7.43. The smallest absolute Gasteiger partial charge is 0.317 e. The molecule has 3 aromatic rings. The van der Waals surface area contributed by atoms with Crippen molar-refractivity contribution in [3.8, 4) is 0 Å². The number of amides is 2. The number of piperidine rings is 1. The lowest BCUT2D eigenvalue weighted by molar-refractivity contribution is 0.181. The number of fused-ring (bicyclic) bond motifs is 1. The standard InChI is InChI=1S/C22H26N4O/c1-15-6-5-11-23-20(15)14-24-22(27)26-12-9-17(10-13-26)21-16(2)25-19-8-4-3-7-18(19)21/h3-8,11,17,25H,9-10,12-14H2,1-2H3,(H,24,27). The van der Waals surface area contributed by atoms with Crippen molar-refractivity contribution in [3.05, 3.63) is 65.1 Å². The van der Waals surface area contributed by atoms with Crippen LogP contribution in [0.5, 0.6) is 0 Å². The minimum atomic E-state index is 0.00847. The van der Waals surface area contributed by atoms with E-state index in [1.807, 2.05) is 24.0 Å². The number of rotatable bonds is 3. The van der Waals surface area contributed by atoms with Crippen molar-refractivity contribution >= 4 is 16.9 Å². The number of benzene rings is 1. The lowest BCUT2D eigenvalue weighted by Gasteiger charge is -2.32. The van der Waals surface area contributed by atoms with Gasteiger partial charge in [0.25, 0.3) is 0 Å². The van der Waals surface area contributed by atoms with Crippen LogP contribution in [0.2, 0.25) is 0 Å². The summed E-state index contributed by atoms with van der Waals surface area (Å²) in [6, 6.07) is 12.4. The van der Waals surface area contributed by atoms with E-state index in [2.05, 4.69) is 46.5 Å². The zero-order chi connectivity index (χ0) is 18.8. The Morgan fingerprint density at radius 3 is 2.74 bits per heavy atom. The number of aromatic nitrogens is 2. The fourth-order valence-electron chi connectivity index (χ4n) is 4.17. The van der Waals surface area contributed by atoms with Gasteiger partial charge < -0.3 is 15.2 Å². The Bertz CT molecular complexity index is 954. The Balaban J connectivity index is 1.38. The van der Waals surface area contributed by atoms with Crippen LogP contribution in [0.15, 0.2) is 42.6 Å². The van der Waals surface area contributed by atoms with Gasteiger partial charge in [0.05, 0.1) is 12.2 Å². The number of carbonyl (C=O) groups is 1. The molecule has 1 aliphatic rings. The van der Waals surface area contributed by atoms with Crippen molar-refractivity contribution in [1.82, 2.24) is 20.2 Å². The third-order valence-electron chi connectivity index (χ3n) is 5.66. The van der Waals surface area contributed by atoms with Gasteiger partial charge in [0.2, 0.25) is 0 Å². The third kappa shape index (κ3) is 3.54. The molecule has 0 aliphatic carbocycles. The van der Waals surface area contributed by atoms with Gasteiger partial charge in [0, 0.05) is 35.9 Å². The quantitative estimate of drug-likeness (QED) is 0.731. The Hall–Kier alpha value is -2.82. The van der Waals surface area contributed by atoms with Crippen LogP contribution in [0.4, 0.5) is 4.79 Å². The van der Waals surface area contributed by atoms with E-state index in [-0.39, 0.29) is 6.03 Å². The number of nitrogens with zero attached hydrogens (tertiary/aromatic N) is 2. The summed E-state index contributed by atoms with van der Waals surface area (Å²) in [5.74, 6) is 0.503. The zero-order valence-corrected chi connectivity index (χ0v) is 16.0. The molecule has 140 valence electrons. The van der Waals surface area contributed by atoms with Crippen LogP contribution in [-0.2, 0) is 6.54 Å². The van der Waals surface area contributed by atoms with E-state index in [0.29, 0.717) is 12.5 Å². The fourth-order valence-corrected chi connectivity index (χ4v) is 4.17. The monoisotopic (exact) mass is 362 g/mol. The van der Waals surface area contributed by atoms with Crippen molar-refractivity contribution < 1.29 is 4.79 Å². The summed E-state index contributed by atoms with van der Waals surface area (Å²) in [5.41, 5.74) is 5.91. The minimum absolute atomic E-state index is 0.00847. The first-order valence-electron chi connectivity index (χ1n) is 9.64. The highest BCUT2D eigenvalue weighted by molar-refractivity contribution is 5.85. The molecule has 1 saturated heterocycles. The van der Waals surface area contributed by atoms with Crippen molar-refractivity contribution in [2.24, 2.45) is 0 Å². The number of aromatic amines is 1. The number of urea groups is 1. The van der Waals surface area contributed by atoms with Gasteiger partial charge in [-0.05, 0) is 55.9 Å². The van der Waals surface area contributed by atoms with E-state index in [4.69, 9.17) is 0 Å². The number of nitrogens with one attached hydrogen (secondary N) is 2. The summed E-state index contributed by atoms with van der Waals surface area (Å²) in [6.45, 7) is 6.23. The predicted molar refractivity (Wildman–Crippen MR) is 108 cm³/mol. The highest BCUT2D eigenvalue weighted by atomic mass is 16.2. The molecule has 0 radical (unpaired) electrons. The van der Waals surface area contributed by atoms with Gasteiger partial charge in [-0.15, -0.1) is 0 Å². The summed E-state index contributed by atoms with van der Waals surface area (Å²) in [7, 11) is 0. The first kappa shape index (κ1) is 17.6. The molecular weight excluding hydrogens is 336 g/mol. The molecule has 1 aliphatic heterocycles. The second-order valence-corrected chi connectivity index (χ2v) is 7.40. The van der Waals surface area contributed by atoms with Gasteiger partial charge in [-0.3, -0.25) is 4.98 Å². The molecule has 2 amide bonds. The molecule has 3 heterocycles. The largest absolute Gasteiger partial charge is 0.358 e. The SMILES string of the molecule is Cc1cccnc1CNC(=O)N1CCC(c2c(C)[nH]c3ccccc23)CC1. The van der Waals surface area contributed by atoms with Crippen LogP contribution in [0, 0.1) is 13.8 Å². The minimum Gasteiger partial charge on any atom is -0.358 e. The normalized spacial score (nSPS) is 15.3. The summed E-state index contributed by atoms with van der Waals surface area (Å²) in [4.78, 5) is 22.3. The highest BCUT2D eigenvalue weighted by Crippen LogP contribution is 2.35. The van der Waals surface area contributed by atoms with Gasteiger partial charge in [-0.25, -0.2) is 4.79 Å². The third-order valence-corrected chi connectivity index (χ3v) is 5.66. The Morgan fingerprint density at radius 1 is 1.19 bits per heavy atom. The lowest BCUT2D eigenvalue weighted by atomic mass is 9.87. The van der Waals surface area contributed by atoms with Crippen LogP contribution in [0.1, 0.15) is 41.3 Å². The molecule has 2 aromatic heterocycles. The summed E-state index contributed by atoms with van der Waals surface area (Å²) < 4.78 is 0. The number of hydrogen-bond donors (Lipinski definition) is 2. The van der Waals surface area contributed by atoms with Crippen molar-refractivity contribution in [2.45, 2.75) is 39.2 Å². The molecule has 27 heavy (non-hydrogen) atoms. The Morgan fingerprint density at radius 2 is 1.96 bits per heavy atom. The van der Waals surface area contributed by atoms with Crippen molar-refractivity contribution in [3.63, 3.8) is 0 Å². The maximum Gasteiger partial charge on any atom is 0.317 e. The lowest BCUT2D eigenvalue weighted by Crippen LogP contribution is -2.44. The fraction of sp³-hybridized carbons (Fsp3) is 0.364. The molecule has 5 nitrogen and oxygen atoms in total. The number of H-pyrrole nitrogens is 1. The van der Waals surface area contributed by atoms with Gasteiger partial charge in [-0.2, -0.15) is 0 Å². The summed E-state index contributed by atoms with van der Waals surface area (Å²) in [6.07, 6.45) is 3.76. The van der Waals surface area contributed by atoms with Crippen LogP contribution in [0.25, 0.3) is 10.9 Å². The van der Waals surface area contributed by atoms with E-state index < -0.39 is 0 Å². The zero-order valence-electron chi connectivity index (χ0n) is 16.0. The number of para-hydroxylation sites is 1. The number of likely N-dealkylation sites (tertiary alicyclic amines) is 1. The summed E-state index contributed by atoms with van der Waals surface area (Å²) >= 11 is 0. The topological polar surface area (TPSA) is 61.0 Å². The number of carbonyl (C=O) groups excluding carboxylic acids is 1. The van der Waals surface area contributed by atoms with Gasteiger partial charge in [0.1, 0.15) is 0 Å². The second-order valence-electron chi connectivity index (χ2n) is 7.40. The molecule has 0 saturated carbocycles. The number of aryl methyl sites for hydroxylation is 2. The van der Waals surface area contributed by atoms with Crippen LogP contribution >= 0.6 is 0 Å². The van der Waals surface area contributed by atoms with Crippen LogP contribution in [-0.4, -0.2) is 34.0 Å². The average Bonchev–Trinajstić information content (AvgIpc) is 3.03. The van der Waals surface area contributed by atoms with E-state index in [1.54, 1.807) is 6.20 Å². The first-order valence-corrected chi connectivity index (χ1v) is 9.64. The molecule has 5 heteroatoms. The predicted octanol–water partition coefficient (Wildman–Crippen LogP) is 4.27. The highest BCUT2D eigenvalue weighted by Gasteiger charge is 2.26. The van der Waals surface area contributed by atoms with Crippen molar-refractivity contribution in [2.75, 3.05) is 13.1 Å². The van der Waals surface area contributed by atoms with E-state index in [1.165, 1.54) is 22.2 Å². The Kier molecular flexibility index (Phi) is 4.84. The molecule has 1 aromatic carbocycles. The molecular formula is C22H26N4O. The van der Waals surface area contributed by atoms with Crippen LogP contribution in [0.3, 0.4) is 0 Å². The molecule has 2 N–H and O–H groups in total. The molecule has 0 atom stereocenters. The number of pyridine rings is 1. The molecule has 4 rings (SSSR count). The number of hydrogen-bond acceptors (Lipinski definition) is 2. The van der Waals surface area contributed by atoms with Gasteiger partial charge in [-0.1, -0.05) is 24.3 Å². The summed E-state index contributed by atoms with van der Waals surface area (Å²) in [5, 5.41) is 4.34. The van der Waals surface area contributed by atoms with Gasteiger partial charge in [0.15, 0.2) is 0 Å². The maximum atomic E-state index is 12.5. The first-order chi connectivity index (χ1) is 13.1. The average molecular weight is 362 g/mol. The van der Waals surface area contributed by atoms with E-state index in [9.17, 15) is 4.79 Å². The van der Waals surface area contributed by atoms with E-state index in [0.717, 1.165) is 37.2 Å². The van der Waals surface area contributed by atoms with E-state index >= 15 is 0 Å². The molecule has 0 spiro atoms. The maximum absolute atomic E-state index is 12.5. The molecule has 0 bridgehead atoms. The van der Waals surface area contributed by atoms with Crippen LogP contribution < -0.4 is 5.32 Å². The van der Waals surface area contributed by atoms with Crippen molar-refractivity contribution in [1.29, 1.82) is 0 Å². The molecule has 1 fully saturated rings. The molecule has 0 unspecified atom stereocenters. The Labute approximate surface area is 159 Å².